The molecular weight excluding hydrogens is 284 g/mol. The second kappa shape index (κ2) is 6.73. The molecule has 1 aliphatic rings. The summed E-state index contributed by atoms with van der Waals surface area (Å²) in [7, 11) is 0. The van der Waals surface area contributed by atoms with Gasteiger partial charge in [0.05, 0.1) is 5.52 Å². The molecule has 124 valence electrons. The van der Waals surface area contributed by atoms with Crippen LogP contribution in [-0.4, -0.2) is 22.1 Å². The van der Waals surface area contributed by atoms with Crippen molar-refractivity contribution >= 4 is 22.7 Å². The highest BCUT2D eigenvalue weighted by atomic mass is 15.2. The predicted molar refractivity (Wildman–Crippen MR) is 98.0 cm³/mol. The molecule has 2 aromatic rings. The van der Waals surface area contributed by atoms with Gasteiger partial charge in [0.25, 0.3) is 0 Å². The normalized spacial score (nSPS) is 16.5. The summed E-state index contributed by atoms with van der Waals surface area (Å²) in [6, 6.07) is 8.20. The molecule has 1 aromatic carbocycles. The third-order valence-electron chi connectivity index (χ3n) is 4.37. The summed E-state index contributed by atoms with van der Waals surface area (Å²) >= 11 is 0. The number of fused-ring (bicyclic) bond motifs is 1. The number of benzene rings is 1. The van der Waals surface area contributed by atoms with E-state index in [-0.39, 0.29) is 5.54 Å². The maximum atomic E-state index is 4.74. The average Bonchev–Trinajstić information content (AvgIpc) is 2.52. The van der Waals surface area contributed by atoms with Crippen molar-refractivity contribution in [1.29, 1.82) is 0 Å². The van der Waals surface area contributed by atoms with Crippen LogP contribution in [0, 0.1) is 5.92 Å². The molecule has 0 saturated heterocycles. The van der Waals surface area contributed by atoms with Gasteiger partial charge in [-0.05, 0) is 51.7 Å². The lowest BCUT2D eigenvalue weighted by molar-refractivity contribution is 0.373. The summed E-state index contributed by atoms with van der Waals surface area (Å²) in [6.07, 6.45) is 6.77. The van der Waals surface area contributed by atoms with Crippen LogP contribution in [0.3, 0.4) is 0 Å². The Morgan fingerprint density at radius 1 is 1.04 bits per heavy atom. The molecule has 0 aliphatic heterocycles. The van der Waals surface area contributed by atoms with Gasteiger partial charge in [0.1, 0.15) is 5.82 Å². The van der Waals surface area contributed by atoms with E-state index in [1.54, 1.807) is 0 Å². The monoisotopic (exact) mass is 312 g/mol. The fourth-order valence-corrected chi connectivity index (χ4v) is 3.23. The molecule has 1 aromatic heterocycles. The largest absolute Gasteiger partial charge is 0.365 e. The van der Waals surface area contributed by atoms with Crippen LogP contribution in [-0.2, 0) is 0 Å². The van der Waals surface area contributed by atoms with Crippen LogP contribution in [0.1, 0.15) is 52.9 Å². The predicted octanol–water partition coefficient (Wildman–Crippen LogP) is 4.83. The summed E-state index contributed by atoms with van der Waals surface area (Å²) < 4.78 is 0. The third kappa shape index (κ3) is 4.34. The molecule has 0 spiro atoms. The van der Waals surface area contributed by atoms with Crippen molar-refractivity contribution in [1.82, 2.24) is 9.97 Å². The summed E-state index contributed by atoms with van der Waals surface area (Å²) in [6.45, 7) is 7.43. The van der Waals surface area contributed by atoms with Gasteiger partial charge in [-0.25, -0.2) is 4.98 Å². The minimum absolute atomic E-state index is 0.0300. The van der Waals surface area contributed by atoms with Crippen LogP contribution < -0.4 is 10.6 Å². The number of hydrogen-bond donors (Lipinski definition) is 2. The van der Waals surface area contributed by atoms with Gasteiger partial charge >= 0.3 is 0 Å². The minimum atomic E-state index is -0.0300. The van der Waals surface area contributed by atoms with Gasteiger partial charge in [0.15, 0.2) is 0 Å². The van der Waals surface area contributed by atoms with E-state index in [0.29, 0.717) is 0 Å². The molecule has 23 heavy (non-hydrogen) atoms. The summed E-state index contributed by atoms with van der Waals surface area (Å²) in [5, 5.41) is 8.06. The maximum Gasteiger partial charge on any atom is 0.225 e. The second-order valence-corrected chi connectivity index (χ2v) is 7.67. The van der Waals surface area contributed by atoms with Crippen molar-refractivity contribution in [3.05, 3.63) is 24.3 Å². The molecule has 1 saturated carbocycles. The number of hydrogen-bond acceptors (Lipinski definition) is 4. The van der Waals surface area contributed by atoms with E-state index in [9.17, 15) is 0 Å². The van der Waals surface area contributed by atoms with Crippen LogP contribution in [0.25, 0.3) is 10.9 Å². The Kier molecular flexibility index (Phi) is 4.69. The standard InChI is InChI=1S/C19H28N4/c1-19(2,3)23-17-15-11-7-8-12-16(15)21-18(22-17)20-13-14-9-5-4-6-10-14/h7-8,11-12,14H,4-6,9-10,13H2,1-3H3,(H2,20,21,22,23). The minimum Gasteiger partial charge on any atom is -0.365 e. The molecule has 0 bridgehead atoms. The number of para-hydroxylation sites is 1. The van der Waals surface area contributed by atoms with Crippen LogP contribution in [0.5, 0.6) is 0 Å². The van der Waals surface area contributed by atoms with E-state index < -0.39 is 0 Å². The molecule has 0 radical (unpaired) electrons. The number of rotatable bonds is 4. The first-order valence-electron chi connectivity index (χ1n) is 8.80. The quantitative estimate of drug-likeness (QED) is 0.848. The SMILES string of the molecule is CC(C)(C)Nc1nc(NCC2CCCCC2)nc2ccccc12. The Morgan fingerprint density at radius 3 is 2.52 bits per heavy atom. The lowest BCUT2D eigenvalue weighted by Gasteiger charge is -2.24. The first-order valence-corrected chi connectivity index (χ1v) is 8.80. The van der Waals surface area contributed by atoms with Gasteiger partial charge in [-0.2, -0.15) is 4.98 Å². The Balaban J connectivity index is 1.82. The number of aromatic nitrogens is 2. The average molecular weight is 312 g/mol. The van der Waals surface area contributed by atoms with Crippen LogP contribution in [0.4, 0.5) is 11.8 Å². The number of anilines is 2. The fourth-order valence-electron chi connectivity index (χ4n) is 3.23. The number of nitrogens with one attached hydrogen (secondary N) is 2. The van der Waals surface area contributed by atoms with E-state index >= 15 is 0 Å². The van der Waals surface area contributed by atoms with E-state index in [1.165, 1.54) is 32.1 Å². The molecule has 2 N–H and O–H groups in total. The molecule has 0 atom stereocenters. The zero-order valence-electron chi connectivity index (χ0n) is 14.5. The van der Waals surface area contributed by atoms with Crippen molar-refractivity contribution in [2.24, 2.45) is 5.92 Å². The van der Waals surface area contributed by atoms with E-state index in [4.69, 9.17) is 4.98 Å². The van der Waals surface area contributed by atoms with Gasteiger partial charge in [0, 0.05) is 17.5 Å². The van der Waals surface area contributed by atoms with Crippen LogP contribution >= 0.6 is 0 Å². The zero-order valence-corrected chi connectivity index (χ0v) is 14.5. The molecule has 3 rings (SSSR count). The molecule has 1 heterocycles. The first kappa shape index (κ1) is 16.0. The van der Waals surface area contributed by atoms with Gasteiger partial charge in [-0.1, -0.05) is 31.4 Å². The third-order valence-corrected chi connectivity index (χ3v) is 4.37. The van der Waals surface area contributed by atoms with Gasteiger partial charge < -0.3 is 10.6 Å². The Bertz CT molecular complexity index is 654. The van der Waals surface area contributed by atoms with Crippen molar-refractivity contribution in [3.63, 3.8) is 0 Å². The highest BCUT2D eigenvalue weighted by Gasteiger charge is 2.16. The van der Waals surface area contributed by atoms with Gasteiger partial charge in [-0.3, -0.25) is 0 Å². The highest BCUT2D eigenvalue weighted by Crippen LogP contribution is 2.26. The topological polar surface area (TPSA) is 49.8 Å². The van der Waals surface area contributed by atoms with E-state index in [1.807, 2.05) is 12.1 Å². The highest BCUT2D eigenvalue weighted by molar-refractivity contribution is 5.90. The smallest absolute Gasteiger partial charge is 0.225 e. The molecular formula is C19H28N4. The Morgan fingerprint density at radius 2 is 1.78 bits per heavy atom. The molecule has 1 fully saturated rings. The van der Waals surface area contributed by atoms with Gasteiger partial charge in [-0.15, -0.1) is 0 Å². The lowest BCUT2D eigenvalue weighted by Crippen LogP contribution is -2.27. The second-order valence-electron chi connectivity index (χ2n) is 7.67. The van der Waals surface area contributed by atoms with Gasteiger partial charge in [0.2, 0.25) is 5.95 Å². The van der Waals surface area contributed by atoms with Crippen LogP contribution in [0.15, 0.2) is 24.3 Å². The zero-order chi connectivity index (χ0) is 16.3. The Labute approximate surface area is 139 Å². The molecule has 0 amide bonds. The first-order chi connectivity index (χ1) is 11.0. The lowest BCUT2D eigenvalue weighted by atomic mass is 9.89. The van der Waals surface area contributed by atoms with Crippen LogP contribution in [0.2, 0.25) is 0 Å². The molecule has 4 nitrogen and oxygen atoms in total. The Hall–Kier alpha value is -1.84. The molecule has 0 unspecified atom stereocenters. The molecule has 4 heteroatoms. The van der Waals surface area contributed by atoms with Crippen molar-refractivity contribution in [2.75, 3.05) is 17.2 Å². The summed E-state index contributed by atoms with van der Waals surface area (Å²) in [5.41, 5.74) is 0.956. The van der Waals surface area contributed by atoms with Crippen molar-refractivity contribution in [2.45, 2.75) is 58.4 Å². The van der Waals surface area contributed by atoms with Crippen molar-refractivity contribution < 1.29 is 0 Å². The summed E-state index contributed by atoms with van der Waals surface area (Å²) in [5.74, 6) is 2.41. The number of nitrogens with zero attached hydrogens (tertiary/aromatic N) is 2. The van der Waals surface area contributed by atoms with E-state index in [0.717, 1.165) is 35.1 Å². The van der Waals surface area contributed by atoms with Crippen molar-refractivity contribution in [3.8, 4) is 0 Å². The molecule has 1 aliphatic carbocycles. The van der Waals surface area contributed by atoms with E-state index in [2.05, 4.69) is 48.5 Å². The fraction of sp³-hybridized carbons (Fsp3) is 0.579. The summed E-state index contributed by atoms with van der Waals surface area (Å²) in [4.78, 5) is 9.43. The maximum absolute atomic E-state index is 4.74.